The fourth-order valence-corrected chi connectivity index (χ4v) is 1.10. The van der Waals surface area contributed by atoms with E-state index in [4.69, 9.17) is 15.6 Å². The smallest absolute Gasteiger partial charge is 0.303 e. The molecule has 0 aliphatic rings. The van der Waals surface area contributed by atoms with E-state index in [-0.39, 0.29) is 44.7 Å². The van der Waals surface area contributed by atoms with Crippen molar-refractivity contribution < 1.29 is 14.7 Å². The minimum Gasteiger partial charge on any atom is -0.481 e. The van der Waals surface area contributed by atoms with Crippen LogP contribution in [0.5, 0.6) is 0 Å². The lowest BCUT2D eigenvalue weighted by molar-refractivity contribution is -0.140. The zero-order chi connectivity index (χ0) is 12.4. The number of carboxylic acids is 1. The first kappa shape index (κ1) is 13.9. The Bertz CT molecular complexity index is 309. The molecule has 0 aromatic rings. The van der Waals surface area contributed by atoms with Gasteiger partial charge in [0, 0.05) is 19.5 Å². The third-order valence-corrected chi connectivity index (χ3v) is 1.89. The van der Waals surface area contributed by atoms with Crippen LogP contribution in [0.15, 0.2) is 0 Å². The van der Waals surface area contributed by atoms with Gasteiger partial charge in [0.05, 0.1) is 31.4 Å². The van der Waals surface area contributed by atoms with E-state index >= 15 is 0 Å². The summed E-state index contributed by atoms with van der Waals surface area (Å²) in [5.74, 6) is -1.36. The van der Waals surface area contributed by atoms with Crippen molar-refractivity contribution in [3.05, 3.63) is 0 Å². The number of hydrogen-bond donors (Lipinski definition) is 1. The number of nitriles is 2. The van der Waals surface area contributed by atoms with Crippen LogP contribution in [0.1, 0.15) is 25.7 Å². The maximum atomic E-state index is 11.5. The average molecular weight is 223 g/mol. The molecular formula is C10H13N3O3. The van der Waals surface area contributed by atoms with Crippen LogP contribution in [0.3, 0.4) is 0 Å². The van der Waals surface area contributed by atoms with Crippen molar-refractivity contribution in [3.63, 3.8) is 0 Å². The first-order valence-electron chi connectivity index (χ1n) is 4.85. The van der Waals surface area contributed by atoms with Crippen LogP contribution in [-0.4, -0.2) is 35.0 Å². The summed E-state index contributed by atoms with van der Waals surface area (Å²) in [5, 5.41) is 25.2. The molecule has 6 heteroatoms. The van der Waals surface area contributed by atoms with E-state index in [2.05, 4.69) is 0 Å². The van der Waals surface area contributed by atoms with E-state index in [1.807, 2.05) is 12.1 Å². The van der Waals surface area contributed by atoms with E-state index in [1.54, 1.807) is 0 Å². The standard InChI is InChI=1S/C10H13N3O3/c11-5-1-7-13(8-2-6-12)9(14)3-4-10(15)16/h1-4,7-8H2,(H,15,16). The Kier molecular flexibility index (Phi) is 7.17. The Labute approximate surface area is 93.7 Å². The SMILES string of the molecule is N#CCCN(CCC#N)C(=O)CCC(=O)O. The molecule has 0 radical (unpaired) electrons. The molecular weight excluding hydrogens is 210 g/mol. The molecule has 0 bridgehead atoms. The lowest BCUT2D eigenvalue weighted by Gasteiger charge is -2.19. The van der Waals surface area contributed by atoms with Crippen molar-refractivity contribution in [1.82, 2.24) is 4.90 Å². The van der Waals surface area contributed by atoms with Gasteiger partial charge in [-0.1, -0.05) is 0 Å². The molecule has 0 unspecified atom stereocenters. The van der Waals surface area contributed by atoms with Crippen molar-refractivity contribution in [2.75, 3.05) is 13.1 Å². The number of nitrogens with zero attached hydrogens (tertiary/aromatic N) is 3. The van der Waals surface area contributed by atoms with Gasteiger partial charge in [0.1, 0.15) is 0 Å². The molecule has 0 rings (SSSR count). The van der Waals surface area contributed by atoms with E-state index in [0.717, 1.165) is 0 Å². The average Bonchev–Trinajstić information content (AvgIpc) is 2.26. The summed E-state index contributed by atoms with van der Waals surface area (Å²) in [5.41, 5.74) is 0. The van der Waals surface area contributed by atoms with Crippen LogP contribution >= 0.6 is 0 Å². The van der Waals surface area contributed by atoms with Crippen molar-refractivity contribution in [3.8, 4) is 12.1 Å². The third-order valence-electron chi connectivity index (χ3n) is 1.89. The molecule has 0 atom stereocenters. The first-order valence-corrected chi connectivity index (χ1v) is 4.85. The van der Waals surface area contributed by atoms with Crippen molar-refractivity contribution in [2.24, 2.45) is 0 Å². The Hall–Kier alpha value is -2.08. The molecule has 6 nitrogen and oxygen atoms in total. The van der Waals surface area contributed by atoms with E-state index in [0.29, 0.717) is 0 Å². The normalized spacial score (nSPS) is 8.88. The summed E-state index contributed by atoms with van der Waals surface area (Å²) in [6.07, 6.45) is 0.0507. The Morgan fingerprint density at radius 3 is 1.94 bits per heavy atom. The number of amides is 1. The topological polar surface area (TPSA) is 105 Å². The fourth-order valence-electron chi connectivity index (χ4n) is 1.10. The Morgan fingerprint density at radius 2 is 1.56 bits per heavy atom. The number of hydrogen-bond acceptors (Lipinski definition) is 4. The molecule has 0 aromatic carbocycles. The highest BCUT2D eigenvalue weighted by molar-refractivity contribution is 5.80. The highest BCUT2D eigenvalue weighted by atomic mass is 16.4. The summed E-state index contributed by atoms with van der Waals surface area (Å²) < 4.78 is 0. The molecule has 0 saturated carbocycles. The van der Waals surface area contributed by atoms with Gasteiger partial charge >= 0.3 is 5.97 Å². The molecule has 1 amide bonds. The molecule has 0 spiro atoms. The molecule has 1 N–H and O–H groups in total. The van der Waals surface area contributed by atoms with Gasteiger partial charge in [-0.05, 0) is 0 Å². The monoisotopic (exact) mass is 223 g/mol. The van der Waals surface area contributed by atoms with Crippen LogP contribution in [0.4, 0.5) is 0 Å². The summed E-state index contributed by atoms with van der Waals surface area (Å²) in [6, 6.07) is 3.80. The van der Waals surface area contributed by atoms with Crippen LogP contribution < -0.4 is 0 Å². The number of carbonyl (C=O) groups excluding carboxylic acids is 1. The molecule has 0 aliphatic heterocycles. The Balaban J connectivity index is 4.15. The fraction of sp³-hybridized carbons (Fsp3) is 0.600. The van der Waals surface area contributed by atoms with E-state index in [1.165, 1.54) is 4.90 Å². The maximum Gasteiger partial charge on any atom is 0.303 e. The Morgan fingerprint density at radius 1 is 1.06 bits per heavy atom. The zero-order valence-electron chi connectivity index (χ0n) is 8.85. The quantitative estimate of drug-likeness (QED) is 0.676. The largest absolute Gasteiger partial charge is 0.481 e. The maximum absolute atomic E-state index is 11.5. The van der Waals surface area contributed by atoms with Gasteiger partial charge in [0.2, 0.25) is 5.91 Å². The van der Waals surface area contributed by atoms with E-state index in [9.17, 15) is 9.59 Å². The van der Waals surface area contributed by atoms with E-state index < -0.39 is 5.97 Å². The number of carboxylic acid groups (broad SMARTS) is 1. The second-order valence-corrected chi connectivity index (χ2v) is 3.09. The van der Waals surface area contributed by atoms with Crippen LogP contribution in [0.25, 0.3) is 0 Å². The molecule has 0 aliphatic carbocycles. The van der Waals surface area contributed by atoms with Gasteiger partial charge in [0.15, 0.2) is 0 Å². The predicted molar refractivity (Wildman–Crippen MR) is 53.9 cm³/mol. The molecule has 86 valence electrons. The molecule has 16 heavy (non-hydrogen) atoms. The second kappa shape index (κ2) is 8.25. The lowest BCUT2D eigenvalue weighted by atomic mass is 10.2. The van der Waals surface area contributed by atoms with Gasteiger partial charge in [-0.25, -0.2) is 0 Å². The van der Waals surface area contributed by atoms with Crippen LogP contribution in [-0.2, 0) is 9.59 Å². The summed E-state index contributed by atoms with van der Waals surface area (Å²) >= 11 is 0. The highest BCUT2D eigenvalue weighted by Crippen LogP contribution is 2.01. The van der Waals surface area contributed by atoms with Gasteiger partial charge in [-0.3, -0.25) is 9.59 Å². The highest BCUT2D eigenvalue weighted by Gasteiger charge is 2.13. The van der Waals surface area contributed by atoms with Crippen LogP contribution in [0.2, 0.25) is 0 Å². The van der Waals surface area contributed by atoms with Crippen molar-refractivity contribution in [1.29, 1.82) is 10.5 Å². The molecule has 0 aromatic heterocycles. The number of carbonyl (C=O) groups is 2. The predicted octanol–water partition coefficient (Wildman–Crippen LogP) is 0.507. The molecule has 0 saturated heterocycles. The second-order valence-electron chi connectivity index (χ2n) is 3.09. The third kappa shape index (κ3) is 6.39. The van der Waals surface area contributed by atoms with Crippen molar-refractivity contribution in [2.45, 2.75) is 25.7 Å². The summed E-state index contributed by atoms with van der Waals surface area (Å²) in [7, 11) is 0. The molecule has 0 heterocycles. The minimum absolute atomic E-state index is 0.0911. The summed E-state index contributed by atoms with van der Waals surface area (Å²) in [4.78, 5) is 23.1. The van der Waals surface area contributed by atoms with Gasteiger partial charge in [-0.15, -0.1) is 0 Å². The van der Waals surface area contributed by atoms with Gasteiger partial charge in [-0.2, -0.15) is 10.5 Å². The van der Waals surface area contributed by atoms with Crippen LogP contribution in [0, 0.1) is 22.7 Å². The lowest BCUT2D eigenvalue weighted by Crippen LogP contribution is -2.32. The summed E-state index contributed by atoms with van der Waals surface area (Å²) in [6.45, 7) is 0.493. The van der Waals surface area contributed by atoms with Gasteiger partial charge < -0.3 is 10.0 Å². The molecule has 0 fully saturated rings. The first-order chi connectivity index (χ1) is 7.61. The zero-order valence-corrected chi connectivity index (χ0v) is 8.85. The number of rotatable bonds is 7. The van der Waals surface area contributed by atoms with Gasteiger partial charge in [0.25, 0.3) is 0 Å². The van der Waals surface area contributed by atoms with Crippen molar-refractivity contribution >= 4 is 11.9 Å². The minimum atomic E-state index is -1.03. The number of aliphatic carboxylic acids is 1.